The van der Waals surface area contributed by atoms with Crippen LogP contribution in [-0.4, -0.2) is 41.8 Å². The quantitative estimate of drug-likeness (QED) is 0.836. The van der Waals surface area contributed by atoms with Crippen LogP contribution in [0.1, 0.15) is 72.6 Å². The van der Waals surface area contributed by atoms with Crippen LogP contribution < -0.4 is 5.32 Å². The molecule has 0 aliphatic heterocycles. The lowest BCUT2D eigenvalue weighted by Gasteiger charge is -2.37. The predicted molar refractivity (Wildman–Crippen MR) is 90.0 cm³/mol. The smallest absolute Gasteiger partial charge is 0.410 e. The summed E-state index contributed by atoms with van der Waals surface area (Å²) in [6.45, 7) is 8.05. The maximum Gasteiger partial charge on any atom is 0.410 e. The fourth-order valence-electron chi connectivity index (χ4n) is 3.50. The molecule has 2 saturated carbocycles. The second-order valence-corrected chi connectivity index (χ2v) is 8.12. The zero-order chi connectivity index (χ0) is 16.3. The molecule has 0 aromatic heterocycles. The van der Waals surface area contributed by atoms with E-state index in [-0.39, 0.29) is 6.09 Å². The maximum absolute atomic E-state index is 12.1. The second kappa shape index (κ2) is 7.20. The van der Waals surface area contributed by atoms with E-state index in [9.17, 15) is 4.79 Å². The van der Waals surface area contributed by atoms with Crippen LogP contribution in [-0.2, 0) is 4.74 Å². The molecule has 0 radical (unpaired) electrons. The van der Waals surface area contributed by atoms with Crippen LogP contribution in [0.4, 0.5) is 4.79 Å². The number of ether oxygens (including phenoxy) is 1. The third-order valence-electron chi connectivity index (χ3n) is 5.01. The van der Waals surface area contributed by atoms with E-state index >= 15 is 0 Å². The number of carbonyl (C=O) groups excluding carboxylic acids is 1. The Bertz CT molecular complexity index is 366. The Labute approximate surface area is 136 Å². The zero-order valence-electron chi connectivity index (χ0n) is 15.0. The van der Waals surface area contributed by atoms with E-state index in [4.69, 9.17) is 4.74 Å². The Morgan fingerprint density at radius 1 is 1.18 bits per heavy atom. The molecule has 0 aromatic rings. The molecule has 22 heavy (non-hydrogen) atoms. The SMILES string of the molecule is CCC(NC1CCC(N(C)C(=O)OC(C)(C)C)CC1)C1CC1. The molecule has 0 bridgehead atoms. The molecule has 1 amide bonds. The topological polar surface area (TPSA) is 41.6 Å². The van der Waals surface area contributed by atoms with Crippen LogP contribution in [0.15, 0.2) is 0 Å². The number of hydrogen-bond donors (Lipinski definition) is 1. The maximum atomic E-state index is 12.1. The van der Waals surface area contributed by atoms with Gasteiger partial charge in [0.05, 0.1) is 0 Å². The van der Waals surface area contributed by atoms with Gasteiger partial charge in [0.15, 0.2) is 0 Å². The molecule has 4 nitrogen and oxygen atoms in total. The van der Waals surface area contributed by atoms with Crippen LogP contribution >= 0.6 is 0 Å². The van der Waals surface area contributed by atoms with Crippen molar-refractivity contribution in [1.82, 2.24) is 10.2 Å². The summed E-state index contributed by atoms with van der Waals surface area (Å²) in [5.74, 6) is 0.923. The molecule has 0 spiro atoms. The van der Waals surface area contributed by atoms with E-state index < -0.39 is 5.60 Å². The molecule has 2 aliphatic rings. The van der Waals surface area contributed by atoms with E-state index in [0.29, 0.717) is 18.1 Å². The molecule has 1 N–H and O–H groups in total. The number of nitrogens with one attached hydrogen (secondary N) is 1. The minimum absolute atomic E-state index is 0.187. The summed E-state index contributed by atoms with van der Waals surface area (Å²) in [5.41, 5.74) is -0.414. The molecular weight excluding hydrogens is 276 g/mol. The third kappa shape index (κ3) is 5.15. The van der Waals surface area contributed by atoms with Gasteiger partial charge in [-0.15, -0.1) is 0 Å². The average molecular weight is 310 g/mol. The summed E-state index contributed by atoms with van der Waals surface area (Å²) in [6, 6.07) is 1.67. The number of carbonyl (C=O) groups is 1. The molecular formula is C18H34N2O2. The summed E-state index contributed by atoms with van der Waals surface area (Å²) in [4.78, 5) is 14.0. The van der Waals surface area contributed by atoms with Gasteiger partial charge in [-0.2, -0.15) is 0 Å². The fraction of sp³-hybridized carbons (Fsp3) is 0.944. The monoisotopic (exact) mass is 310 g/mol. The Morgan fingerprint density at radius 2 is 1.77 bits per heavy atom. The second-order valence-electron chi connectivity index (χ2n) is 8.12. The summed E-state index contributed by atoms with van der Waals surface area (Å²) in [6.07, 6.45) is 8.35. The number of amides is 1. The van der Waals surface area contributed by atoms with Crippen LogP contribution in [0.3, 0.4) is 0 Å². The summed E-state index contributed by atoms with van der Waals surface area (Å²) in [7, 11) is 1.88. The molecule has 2 rings (SSSR count). The van der Waals surface area contributed by atoms with Gasteiger partial charge in [0, 0.05) is 25.2 Å². The highest BCUT2D eigenvalue weighted by atomic mass is 16.6. The number of nitrogens with zero attached hydrogens (tertiary/aromatic N) is 1. The van der Waals surface area contributed by atoms with Crippen LogP contribution in [0.25, 0.3) is 0 Å². The first-order valence-corrected chi connectivity index (χ1v) is 9.02. The van der Waals surface area contributed by atoms with Crippen molar-refractivity contribution < 1.29 is 9.53 Å². The Balaban J connectivity index is 1.75. The summed E-state index contributed by atoms with van der Waals surface area (Å²) < 4.78 is 5.47. The highest BCUT2D eigenvalue weighted by Crippen LogP contribution is 2.35. The van der Waals surface area contributed by atoms with Gasteiger partial charge in [-0.25, -0.2) is 4.79 Å². The van der Waals surface area contributed by atoms with E-state index in [1.165, 1.54) is 32.1 Å². The van der Waals surface area contributed by atoms with Crippen LogP contribution in [0.5, 0.6) is 0 Å². The van der Waals surface area contributed by atoms with Gasteiger partial charge < -0.3 is 15.0 Å². The van der Waals surface area contributed by atoms with E-state index in [1.54, 1.807) is 4.90 Å². The first-order valence-electron chi connectivity index (χ1n) is 9.02. The predicted octanol–water partition coefficient (Wildman–Crippen LogP) is 3.94. The Hall–Kier alpha value is -0.770. The Kier molecular flexibility index (Phi) is 5.76. The molecule has 4 heteroatoms. The number of hydrogen-bond acceptors (Lipinski definition) is 3. The van der Waals surface area contributed by atoms with Crippen molar-refractivity contribution >= 4 is 6.09 Å². The first-order chi connectivity index (χ1) is 10.3. The van der Waals surface area contributed by atoms with Gasteiger partial charge >= 0.3 is 6.09 Å². The van der Waals surface area contributed by atoms with Crippen molar-refractivity contribution in [3.63, 3.8) is 0 Å². The molecule has 1 unspecified atom stereocenters. The largest absolute Gasteiger partial charge is 0.444 e. The van der Waals surface area contributed by atoms with Crippen molar-refractivity contribution in [2.45, 2.75) is 96.4 Å². The summed E-state index contributed by atoms with van der Waals surface area (Å²) >= 11 is 0. The lowest BCUT2D eigenvalue weighted by molar-refractivity contribution is 0.0177. The van der Waals surface area contributed by atoms with E-state index in [2.05, 4.69) is 12.2 Å². The van der Waals surface area contributed by atoms with Gasteiger partial charge in [-0.05, 0) is 71.6 Å². The normalized spacial score (nSPS) is 27.3. The van der Waals surface area contributed by atoms with Crippen molar-refractivity contribution in [2.24, 2.45) is 5.92 Å². The van der Waals surface area contributed by atoms with Crippen molar-refractivity contribution in [1.29, 1.82) is 0 Å². The van der Waals surface area contributed by atoms with Gasteiger partial charge in [0.2, 0.25) is 0 Å². The fourth-order valence-corrected chi connectivity index (χ4v) is 3.50. The zero-order valence-corrected chi connectivity index (χ0v) is 15.0. The molecule has 0 saturated heterocycles. The Morgan fingerprint density at radius 3 is 2.23 bits per heavy atom. The van der Waals surface area contributed by atoms with Gasteiger partial charge in [-0.1, -0.05) is 6.92 Å². The summed E-state index contributed by atoms with van der Waals surface area (Å²) in [5, 5.41) is 3.86. The molecule has 0 heterocycles. The molecule has 2 aliphatic carbocycles. The highest BCUT2D eigenvalue weighted by molar-refractivity contribution is 5.68. The highest BCUT2D eigenvalue weighted by Gasteiger charge is 2.33. The molecule has 0 aromatic carbocycles. The standard InChI is InChI=1S/C18H34N2O2/c1-6-16(13-7-8-13)19-14-9-11-15(12-10-14)20(5)17(21)22-18(2,3)4/h13-16,19H,6-12H2,1-5H3. The molecule has 1 atom stereocenters. The minimum atomic E-state index is -0.414. The first kappa shape index (κ1) is 17.6. The van der Waals surface area contributed by atoms with Gasteiger partial charge in [0.1, 0.15) is 5.60 Å². The van der Waals surface area contributed by atoms with Crippen molar-refractivity contribution in [2.75, 3.05) is 7.05 Å². The van der Waals surface area contributed by atoms with Gasteiger partial charge in [0.25, 0.3) is 0 Å². The van der Waals surface area contributed by atoms with E-state index in [0.717, 1.165) is 18.8 Å². The average Bonchev–Trinajstić information content (AvgIpc) is 3.27. The number of rotatable bonds is 5. The molecule has 2 fully saturated rings. The lowest BCUT2D eigenvalue weighted by atomic mass is 9.89. The van der Waals surface area contributed by atoms with Crippen molar-refractivity contribution in [3.05, 3.63) is 0 Å². The van der Waals surface area contributed by atoms with Crippen LogP contribution in [0.2, 0.25) is 0 Å². The van der Waals surface area contributed by atoms with Crippen LogP contribution in [0, 0.1) is 5.92 Å². The van der Waals surface area contributed by atoms with Gasteiger partial charge in [-0.3, -0.25) is 0 Å². The molecule has 128 valence electrons. The minimum Gasteiger partial charge on any atom is -0.444 e. The van der Waals surface area contributed by atoms with E-state index in [1.807, 2.05) is 27.8 Å². The van der Waals surface area contributed by atoms with Crippen molar-refractivity contribution in [3.8, 4) is 0 Å². The lowest BCUT2D eigenvalue weighted by Crippen LogP contribution is -2.47. The third-order valence-corrected chi connectivity index (χ3v) is 5.01.